The molecule has 110 valence electrons. The molecule has 0 saturated heterocycles. The van der Waals surface area contributed by atoms with Gasteiger partial charge in [0, 0.05) is 17.8 Å². The van der Waals surface area contributed by atoms with E-state index in [1.54, 1.807) is 0 Å². The first-order chi connectivity index (χ1) is 9.32. The minimum Gasteiger partial charge on any atom is -0.324 e. The second-order valence-corrected chi connectivity index (χ2v) is 5.57. The summed E-state index contributed by atoms with van der Waals surface area (Å²) < 4.78 is 39.0. The molecule has 1 amide bonds. The predicted octanol–water partition coefficient (Wildman–Crippen LogP) is 2.95. The van der Waals surface area contributed by atoms with Crippen LogP contribution in [0.3, 0.4) is 0 Å². The summed E-state index contributed by atoms with van der Waals surface area (Å²) in [4.78, 5) is 12.2. The molecule has 1 fully saturated rings. The van der Waals surface area contributed by atoms with Gasteiger partial charge in [-0.25, -0.2) is 13.2 Å². The van der Waals surface area contributed by atoms with E-state index in [0.29, 0.717) is 18.8 Å². The SMILES string of the molecule is CC1CCCC(N)(C(=O)Nc2cc(F)c(F)c(F)c2)C1. The zero-order valence-electron chi connectivity index (χ0n) is 11.2. The van der Waals surface area contributed by atoms with Crippen LogP contribution in [0, 0.1) is 23.4 Å². The molecule has 1 aliphatic carbocycles. The Morgan fingerprint density at radius 2 is 1.95 bits per heavy atom. The Balaban J connectivity index is 2.15. The topological polar surface area (TPSA) is 55.1 Å². The molecule has 0 radical (unpaired) electrons. The van der Waals surface area contributed by atoms with Crippen molar-refractivity contribution in [1.82, 2.24) is 0 Å². The molecule has 0 aromatic heterocycles. The van der Waals surface area contributed by atoms with E-state index >= 15 is 0 Å². The van der Waals surface area contributed by atoms with Crippen LogP contribution >= 0.6 is 0 Å². The highest BCUT2D eigenvalue weighted by molar-refractivity contribution is 5.98. The number of nitrogens with two attached hydrogens (primary N) is 1. The first kappa shape index (κ1) is 14.8. The van der Waals surface area contributed by atoms with Crippen molar-refractivity contribution in [3.63, 3.8) is 0 Å². The van der Waals surface area contributed by atoms with Crippen molar-refractivity contribution >= 4 is 11.6 Å². The Bertz CT molecular complexity index is 512. The number of hydrogen-bond acceptors (Lipinski definition) is 2. The molecule has 2 atom stereocenters. The molecule has 1 aliphatic rings. The molecule has 0 heterocycles. The molecule has 0 spiro atoms. The normalized spacial score (nSPS) is 26.4. The van der Waals surface area contributed by atoms with Crippen LogP contribution < -0.4 is 11.1 Å². The maximum Gasteiger partial charge on any atom is 0.244 e. The summed E-state index contributed by atoms with van der Waals surface area (Å²) in [5.41, 5.74) is 4.90. The van der Waals surface area contributed by atoms with Crippen LogP contribution in [0.5, 0.6) is 0 Å². The van der Waals surface area contributed by atoms with E-state index < -0.39 is 28.9 Å². The van der Waals surface area contributed by atoms with E-state index in [1.807, 2.05) is 6.92 Å². The van der Waals surface area contributed by atoms with Crippen molar-refractivity contribution in [2.24, 2.45) is 11.7 Å². The molecule has 1 aromatic carbocycles. The van der Waals surface area contributed by atoms with Gasteiger partial charge < -0.3 is 11.1 Å². The Morgan fingerprint density at radius 3 is 2.50 bits per heavy atom. The van der Waals surface area contributed by atoms with Gasteiger partial charge >= 0.3 is 0 Å². The van der Waals surface area contributed by atoms with Crippen molar-refractivity contribution in [3.8, 4) is 0 Å². The fraction of sp³-hybridized carbons (Fsp3) is 0.500. The summed E-state index contributed by atoms with van der Waals surface area (Å²) in [7, 11) is 0. The lowest BCUT2D eigenvalue weighted by Gasteiger charge is -2.35. The maximum absolute atomic E-state index is 13.1. The Hall–Kier alpha value is -1.56. The van der Waals surface area contributed by atoms with Crippen LogP contribution in [-0.2, 0) is 4.79 Å². The minimum absolute atomic E-state index is 0.130. The average molecular weight is 286 g/mol. The van der Waals surface area contributed by atoms with Gasteiger partial charge in [-0.2, -0.15) is 0 Å². The fourth-order valence-corrected chi connectivity index (χ4v) is 2.68. The molecule has 3 N–H and O–H groups in total. The lowest BCUT2D eigenvalue weighted by atomic mass is 9.76. The van der Waals surface area contributed by atoms with Gasteiger partial charge in [0.25, 0.3) is 0 Å². The quantitative estimate of drug-likeness (QED) is 0.821. The highest BCUT2D eigenvalue weighted by Gasteiger charge is 2.38. The number of carbonyl (C=O) groups excluding carboxylic acids is 1. The van der Waals surface area contributed by atoms with E-state index in [-0.39, 0.29) is 5.69 Å². The third-order valence-electron chi connectivity index (χ3n) is 3.73. The summed E-state index contributed by atoms with van der Waals surface area (Å²) in [6.45, 7) is 2.01. The van der Waals surface area contributed by atoms with Gasteiger partial charge in [0.15, 0.2) is 17.5 Å². The van der Waals surface area contributed by atoms with E-state index in [0.717, 1.165) is 25.0 Å². The van der Waals surface area contributed by atoms with E-state index in [1.165, 1.54) is 0 Å². The summed E-state index contributed by atoms with van der Waals surface area (Å²) in [6, 6.07) is 1.48. The fourth-order valence-electron chi connectivity index (χ4n) is 2.68. The number of anilines is 1. The zero-order valence-corrected chi connectivity index (χ0v) is 11.2. The number of hydrogen-bond donors (Lipinski definition) is 2. The van der Waals surface area contributed by atoms with E-state index in [9.17, 15) is 18.0 Å². The standard InChI is InChI=1S/C14H17F3N2O/c1-8-3-2-4-14(18,7-8)13(20)19-9-5-10(15)12(17)11(16)6-9/h5-6,8H,2-4,7,18H2,1H3,(H,19,20). The van der Waals surface area contributed by atoms with Crippen LogP contribution in [0.15, 0.2) is 12.1 Å². The molecule has 6 heteroatoms. The number of amides is 1. The van der Waals surface area contributed by atoms with Crippen molar-refractivity contribution in [2.75, 3.05) is 5.32 Å². The van der Waals surface area contributed by atoms with Gasteiger partial charge in [-0.15, -0.1) is 0 Å². The largest absolute Gasteiger partial charge is 0.324 e. The lowest BCUT2D eigenvalue weighted by Crippen LogP contribution is -2.53. The second kappa shape index (κ2) is 5.44. The van der Waals surface area contributed by atoms with Crippen molar-refractivity contribution in [3.05, 3.63) is 29.6 Å². The number of nitrogens with one attached hydrogen (secondary N) is 1. The molecule has 1 aromatic rings. The monoisotopic (exact) mass is 286 g/mol. The third-order valence-corrected chi connectivity index (χ3v) is 3.73. The molecule has 3 nitrogen and oxygen atoms in total. The summed E-state index contributed by atoms with van der Waals surface area (Å²) >= 11 is 0. The molecule has 20 heavy (non-hydrogen) atoms. The second-order valence-electron chi connectivity index (χ2n) is 5.57. The summed E-state index contributed by atoms with van der Waals surface area (Å²) in [5.74, 6) is -4.42. The molecular formula is C14H17F3N2O. The lowest BCUT2D eigenvalue weighted by molar-refractivity contribution is -0.122. The van der Waals surface area contributed by atoms with Crippen LogP contribution in [0.4, 0.5) is 18.9 Å². The van der Waals surface area contributed by atoms with Crippen molar-refractivity contribution < 1.29 is 18.0 Å². The number of carbonyl (C=O) groups is 1. The zero-order chi connectivity index (χ0) is 14.9. The summed E-state index contributed by atoms with van der Waals surface area (Å²) in [6.07, 6.45) is 2.88. The molecular weight excluding hydrogens is 269 g/mol. The highest BCUT2D eigenvalue weighted by Crippen LogP contribution is 2.31. The Labute approximate surface area is 115 Å². The maximum atomic E-state index is 13.1. The Morgan fingerprint density at radius 1 is 1.35 bits per heavy atom. The van der Waals surface area contributed by atoms with Crippen molar-refractivity contribution in [2.45, 2.75) is 38.1 Å². The highest BCUT2D eigenvalue weighted by atomic mass is 19.2. The number of benzene rings is 1. The van der Waals surface area contributed by atoms with Gasteiger partial charge in [-0.1, -0.05) is 19.8 Å². The van der Waals surface area contributed by atoms with Gasteiger partial charge in [0.1, 0.15) is 0 Å². The van der Waals surface area contributed by atoms with Gasteiger partial charge in [0.2, 0.25) is 5.91 Å². The molecule has 0 aliphatic heterocycles. The average Bonchev–Trinajstić information content (AvgIpc) is 2.35. The molecule has 2 unspecified atom stereocenters. The number of rotatable bonds is 2. The van der Waals surface area contributed by atoms with Gasteiger partial charge in [0.05, 0.1) is 5.54 Å². The first-order valence-corrected chi connectivity index (χ1v) is 6.57. The van der Waals surface area contributed by atoms with E-state index in [2.05, 4.69) is 5.32 Å². The van der Waals surface area contributed by atoms with Crippen LogP contribution in [0.2, 0.25) is 0 Å². The van der Waals surface area contributed by atoms with Crippen molar-refractivity contribution in [1.29, 1.82) is 0 Å². The Kier molecular flexibility index (Phi) is 4.04. The minimum atomic E-state index is -1.56. The van der Waals surface area contributed by atoms with Gasteiger partial charge in [-0.05, 0) is 18.8 Å². The smallest absolute Gasteiger partial charge is 0.244 e. The van der Waals surface area contributed by atoms with Gasteiger partial charge in [-0.3, -0.25) is 4.79 Å². The van der Waals surface area contributed by atoms with E-state index in [4.69, 9.17) is 5.73 Å². The first-order valence-electron chi connectivity index (χ1n) is 6.57. The van der Waals surface area contributed by atoms with Crippen LogP contribution in [0.25, 0.3) is 0 Å². The molecule has 2 rings (SSSR count). The van der Waals surface area contributed by atoms with Crippen LogP contribution in [0.1, 0.15) is 32.6 Å². The third kappa shape index (κ3) is 2.95. The molecule has 0 bridgehead atoms. The number of halogens is 3. The molecule has 1 saturated carbocycles. The summed E-state index contributed by atoms with van der Waals surface area (Å²) in [5, 5.41) is 2.37. The predicted molar refractivity (Wildman–Crippen MR) is 69.5 cm³/mol. The van der Waals surface area contributed by atoms with Crippen LogP contribution in [-0.4, -0.2) is 11.4 Å².